The van der Waals surface area contributed by atoms with Crippen LogP contribution in [0.25, 0.3) is 0 Å². The van der Waals surface area contributed by atoms with Crippen LogP contribution in [0.3, 0.4) is 0 Å². The summed E-state index contributed by atoms with van der Waals surface area (Å²) in [5.74, 6) is 0. The van der Waals surface area contributed by atoms with Crippen LogP contribution in [0, 0.1) is 20.5 Å². The molecule has 0 saturated heterocycles. The Kier molecular flexibility index (Phi) is 8.88. The van der Waals surface area contributed by atoms with Crippen LogP contribution in [0.4, 0.5) is 11.4 Å². The second kappa shape index (κ2) is 8.23. The molecule has 0 heterocycles. The fourth-order valence-corrected chi connectivity index (χ4v) is 0.496. The minimum absolute atomic E-state index is 0.749. The lowest BCUT2D eigenvalue weighted by atomic mass is 10.3. The third-order valence-corrected chi connectivity index (χ3v) is 0.936. The monoisotopic (exact) mass is 308 g/mol. The molecule has 0 radical (unpaired) electrons. The summed E-state index contributed by atoms with van der Waals surface area (Å²) in [6, 6.07) is 7.09. The number of nitrogen functional groups attached to an aromatic ring is 2. The van der Waals surface area contributed by atoms with Crippen molar-refractivity contribution in [2.75, 3.05) is 11.5 Å². The third-order valence-electron chi connectivity index (χ3n) is 0.936. The summed E-state index contributed by atoms with van der Waals surface area (Å²) in [5.41, 5.74) is 12.2. The van der Waals surface area contributed by atoms with Crippen LogP contribution in [-0.2, 0) is 0 Å². The molecular formula is C6H10Cl2N2O8. The van der Waals surface area contributed by atoms with Gasteiger partial charge in [0.2, 0.25) is 0 Å². The van der Waals surface area contributed by atoms with Crippen molar-refractivity contribution >= 4 is 11.4 Å². The van der Waals surface area contributed by atoms with E-state index in [4.69, 9.17) is 48.7 Å². The number of anilines is 2. The maximum atomic E-state index is 8.60. The van der Waals surface area contributed by atoms with Crippen molar-refractivity contribution < 1.29 is 57.8 Å². The average molecular weight is 309 g/mol. The Labute approximate surface area is 105 Å². The second-order valence-corrected chi connectivity index (χ2v) is 4.04. The minimum atomic E-state index is -4.69. The van der Waals surface area contributed by atoms with Gasteiger partial charge in [-0.25, -0.2) is 0 Å². The first-order valence-electron chi connectivity index (χ1n) is 3.66. The summed E-state index contributed by atoms with van der Waals surface area (Å²) in [6.45, 7) is 0. The molecule has 0 atom stereocenters. The molecule has 0 aromatic heterocycles. The van der Waals surface area contributed by atoms with Gasteiger partial charge < -0.3 is 11.5 Å². The second-order valence-electron chi connectivity index (χ2n) is 2.46. The van der Waals surface area contributed by atoms with Gasteiger partial charge in [-0.2, -0.15) is 28.0 Å². The van der Waals surface area contributed by atoms with Crippen LogP contribution in [0.2, 0.25) is 0 Å². The van der Waals surface area contributed by atoms with Gasteiger partial charge in [-0.3, -0.25) is 0 Å². The van der Waals surface area contributed by atoms with Crippen LogP contribution >= 0.6 is 0 Å². The van der Waals surface area contributed by atoms with E-state index in [1.54, 1.807) is 24.3 Å². The maximum absolute atomic E-state index is 8.60. The van der Waals surface area contributed by atoms with Crippen molar-refractivity contribution in [3.8, 4) is 0 Å². The Bertz CT molecular complexity index is 277. The molecule has 1 aromatic rings. The molecule has 18 heavy (non-hydrogen) atoms. The van der Waals surface area contributed by atoms with Crippen molar-refractivity contribution in [1.82, 2.24) is 0 Å². The number of halogens is 2. The van der Waals surface area contributed by atoms with Gasteiger partial charge in [0.15, 0.2) is 0 Å². The molecule has 0 aliphatic heterocycles. The Morgan fingerprint density at radius 2 is 0.778 bits per heavy atom. The molecule has 0 aliphatic carbocycles. The summed E-state index contributed by atoms with van der Waals surface area (Å²) < 4.78 is 65.4. The highest BCUT2D eigenvalue weighted by Crippen LogP contribution is 2.04. The van der Waals surface area contributed by atoms with Gasteiger partial charge in [0.25, 0.3) is 0 Å². The fourth-order valence-electron chi connectivity index (χ4n) is 0.496. The first kappa shape index (κ1) is 19.4. The van der Waals surface area contributed by atoms with Crippen molar-refractivity contribution in [2.24, 2.45) is 0 Å². The summed E-state index contributed by atoms with van der Waals surface area (Å²) >= 11 is 0. The average Bonchev–Trinajstić information content (AvgIpc) is 2.04. The molecule has 1 rings (SSSR count). The lowest BCUT2D eigenvalue weighted by Crippen LogP contribution is -2.58. The molecule has 12 heteroatoms. The first-order chi connectivity index (χ1) is 7.79. The van der Waals surface area contributed by atoms with E-state index in [0.29, 0.717) is 0 Å². The summed E-state index contributed by atoms with van der Waals surface area (Å²) in [7, 11) is -9.39. The summed E-state index contributed by atoms with van der Waals surface area (Å²) in [5, 5.41) is 0. The predicted molar refractivity (Wildman–Crippen MR) is 39.7 cm³/mol. The van der Waals surface area contributed by atoms with Crippen LogP contribution in [0.1, 0.15) is 0 Å². The highest BCUT2D eigenvalue weighted by Gasteiger charge is 1.99. The van der Waals surface area contributed by atoms with Crippen LogP contribution in [0.5, 0.6) is 0 Å². The first-order valence-corrected chi connectivity index (χ1v) is 6.19. The molecule has 0 fully saturated rings. The molecule has 0 spiro atoms. The molecule has 0 unspecified atom stereocenters. The van der Waals surface area contributed by atoms with Gasteiger partial charge >= 0.3 is 0 Å². The maximum Gasteiger partial charge on any atom is 0.0777 e. The van der Waals surface area contributed by atoms with E-state index in [1.165, 1.54) is 0 Å². The molecule has 106 valence electrons. The number of hydrogen-bond donors (Lipinski definition) is 4. The normalized spacial score (nSPS) is 10.7. The molecule has 0 bridgehead atoms. The predicted octanol–water partition coefficient (Wildman–Crippen LogP) is -7.40. The van der Waals surface area contributed by atoms with Crippen molar-refractivity contribution in [2.45, 2.75) is 0 Å². The van der Waals surface area contributed by atoms with Crippen LogP contribution < -0.4 is 39.4 Å². The standard InChI is InChI=1S/C6H8N2.2ClHO4/c7-5-1-2-6(8)4-3-5;2*2-1(3,4)5/h1-4H,7-8H2;2*(H,2,3,4,5). The van der Waals surface area contributed by atoms with E-state index in [0.717, 1.165) is 11.4 Å². The van der Waals surface area contributed by atoms with Gasteiger partial charge in [0.1, 0.15) is 0 Å². The van der Waals surface area contributed by atoms with E-state index in [2.05, 4.69) is 0 Å². The highest BCUT2D eigenvalue weighted by molar-refractivity contribution is 5.47. The zero-order chi connectivity index (χ0) is 15.0. The minimum Gasteiger partial charge on any atom is -0.399 e. The summed E-state index contributed by atoms with van der Waals surface area (Å²) in [6.07, 6.45) is 0. The Morgan fingerprint density at radius 1 is 0.667 bits per heavy atom. The van der Waals surface area contributed by atoms with E-state index in [9.17, 15) is 0 Å². The van der Waals surface area contributed by atoms with Crippen LogP contribution in [0.15, 0.2) is 24.3 Å². The van der Waals surface area contributed by atoms with E-state index >= 15 is 0 Å². The molecular weight excluding hydrogens is 299 g/mol. The number of hydrogen-bond acceptors (Lipinski definition) is 10. The van der Waals surface area contributed by atoms with Gasteiger partial charge in [-0.15, -0.1) is 0 Å². The van der Waals surface area contributed by atoms with Crippen molar-refractivity contribution in [1.29, 1.82) is 0 Å². The molecule has 0 saturated carbocycles. The zero-order valence-corrected chi connectivity index (χ0v) is 10.1. The number of nitrogens with two attached hydrogens (primary N) is 2. The van der Waals surface area contributed by atoms with Gasteiger partial charge in [-0.05, 0) is 24.3 Å². The summed E-state index contributed by atoms with van der Waals surface area (Å²) in [4.78, 5) is 0. The molecule has 0 aliphatic rings. The van der Waals surface area contributed by atoms with E-state index in [1.807, 2.05) is 0 Å². The molecule has 6 N–H and O–H groups in total. The SMILES string of the molecule is Nc1ccc(N)cc1.[O-][Cl+3]([O-])([O-])O.[O-][Cl+3]([O-])([O-])O. The quantitative estimate of drug-likeness (QED) is 0.330. The van der Waals surface area contributed by atoms with Gasteiger partial charge in [-0.1, -0.05) is 0 Å². The fraction of sp³-hybridized carbons (Fsp3) is 0. The molecule has 0 amide bonds. The third kappa shape index (κ3) is 36.3. The highest BCUT2D eigenvalue weighted by atomic mass is 35.7. The lowest BCUT2D eigenvalue weighted by molar-refractivity contribution is -1.92. The Balaban J connectivity index is 0. The lowest BCUT2D eigenvalue weighted by Gasteiger charge is -2.03. The van der Waals surface area contributed by atoms with E-state index < -0.39 is 20.5 Å². The van der Waals surface area contributed by atoms with E-state index in [-0.39, 0.29) is 0 Å². The van der Waals surface area contributed by atoms with Gasteiger partial charge in [0, 0.05) is 11.4 Å². The number of rotatable bonds is 0. The Morgan fingerprint density at radius 3 is 0.889 bits per heavy atom. The van der Waals surface area contributed by atoms with Gasteiger partial charge in [0.05, 0.1) is 29.8 Å². The Hall–Kier alpha value is -0.920. The smallest absolute Gasteiger partial charge is 0.0777 e. The largest absolute Gasteiger partial charge is 0.399 e. The van der Waals surface area contributed by atoms with Crippen LogP contribution in [-0.4, -0.2) is 9.32 Å². The zero-order valence-electron chi connectivity index (χ0n) is 8.56. The number of benzene rings is 1. The topological polar surface area (TPSA) is 231 Å². The molecule has 10 nitrogen and oxygen atoms in total. The molecule has 1 aromatic carbocycles. The van der Waals surface area contributed by atoms with Crippen molar-refractivity contribution in [3.05, 3.63) is 24.3 Å². The van der Waals surface area contributed by atoms with Crippen molar-refractivity contribution in [3.63, 3.8) is 0 Å².